The zero-order chi connectivity index (χ0) is 57.8. The average molecular weight is 1100 g/mol. The van der Waals surface area contributed by atoms with Gasteiger partial charge in [0.15, 0.2) is 6.10 Å². The van der Waals surface area contributed by atoms with Crippen molar-refractivity contribution in [1.29, 1.82) is 0 Å². The molecule has 450 valence electrons. The van der Waals surface area contributed by atoms with Crippen LogP contribution in [0.3, 0.4) is 0 Å². The molecule has 0 aromatic carbocycles. The number of hydrogen-bond acceptors (Lipinski definition) is 6. The van der Waals surface area contributed by atoms with E-state index >= 15 is 0 Å². The minimum atomic E-state index is -0.823. The van der Waals surface area contributed by atoms with Gasteiger partial charge in [0.1, 0.15) is 13.2 Å². The summed E-state index contributed by atoms with van der Waals surface area (Å²) in [6, 6.07) is 0. The van der Waals surface area contributed by atoms with Crippen molar-refractivity contribution in [2.24, 2.45) is 0 Å². The molecule has 0 radical (unpaired) electrons. The van der Waals surface area contributed by atoms with Crippen molar-refractivity contribution in [3.8, 4) is 0 Å². The lowest BCUT2D eigenvalue weighted by Gasteiger charge is -2.18. The lowest BCUT2D eigenvalue weighted by Crippen LogP contribution is -2.30. The molecule has 1 atom stereocenters. The molecule has 80 heavy (non-hydrogen) atoms. The Balaban J connectivity index is 4.39. The fraction of sp³-hybridized carbons (Fsp3) is 0.608. The molecule has 0 rings (SSSR count). The Morgan fingerprint density at radius 1 is 0.263 bits per heavy atom. The number of hydrogen-bond donors (Lipinski definition) is 0. The number of unbranched alkanes of at least 4 members (excludes halogenated alkanes) is 20. The molecule has 0 bridgehead atoms. The molecule has 6 nitrogen and oxygen atoms in total. The summed E-state index contributed by atoms with van der Waals surface area (Å²) in [5, 5.41) is 0. The molecular formula is C74H118O6. The predicted molar refractivity (Wildman–Crippen MR) is 348 cm³/mol. The summed E-state index contributed by atoms with van der Waals surface area (Å²) in [4.78, 5) is 38.3. The molecule has 0 saturated heterocycles. The van der Waals surface area contributed by atoms with E-state index in [1.54, 1.807) is 0 Å². The topological polar surface area (TPSA) is 78.9 Å². The van der Waals surface area contributed by atoms with Crippen molar-refractivity contribution >= 4 is 17.9 Å². The molecule has 0 aromatic heterocycles. The van der Waals surface area contributed by atoms with Gasteiger partial charge >= 0.3 is 17.9 Å². The number of ether oxygens (including phenoxy) is 3. The van der Waals surface area contributed by atoms with E-state index in [-0.39, 0.29) is 37.5 Å². The van der Waals surface area contributed by atoms with Gasteiger partial charge in [-0.3, -0.25) is 14.4 Å². The van der Waals surface area contributed by atoms with E-state index < -0.39 is 6.10 Å². The molecule has 0 N–H and O–H groups in total. The van der Waals surface area contributed by atoms with E-state index in [0.717, 1.165) is 128 Å². The monoisotopic (exact) mass is 1100 g/mol. The lowest BCUT2D eigenvalue weighted by molar-refractivity contribution is -0.166. The molecule has 0 saturated carbocycles. The van der Waals surface area contributed by atoms with Crippen LogP contribution in [0.15, 0.2) is 158 Å². The minimum Gasteiger partial charge on any atom is -0.462 e. The largest absolute Gasteiger partial charge is 0.462 e. The molecule has 0 spiro atoms. The first kappa shape index (κ1) is 75.0. The predicted octanol–water partition coefficient (Wildman–Crippen LogP) is 22.5. The Morgan fingerprint density at radius 3 is 0.850 bits per heavy atom. The zero-order valence-electron chi connectivity index (χ0n) is 51.5. The normalized spacial score (nSPS) is 13.2. The van der Waals surface area contributed by atoms with Crippen LogP contribution in [-0.2, 0) is 28.6 Å². The lowest BCUT2D eigenvalue weighted by atomic mass is 10.1. The molecule has 0 aliphatic rings. The van der Waals surface area contributed by atoms with Gasteiger partial charge in [-0.15, -0.1) is 0 Å². The van der Waals surface area contributed by atoms with Crippen molar-refractivity contribution in [2.75, 3.05) is 13.2 Å². The summed E-state index contributed by atoms with van der Waals surface area (Å²) >= 11 is 0. The Morgan fingerprint density at radius 2 is 0.512 bits per heavy atom. The standard InChI is InChI=1S/C74H118O6/c1-4-7-10-13-16-19-22-25-27-29-31-32-33-34-35-36-37-38-39-40-41-42-43-45-46-49-52-55-58-61-64-67-73(76)79-70-71(69-78-72(75)66-63-60-57-54-51-48-24-21-18-15-12-9-6-3)80-74(77)68-65-62-59-56-53-50-47-44-30-28-26-23-20-17-14-11-8-5-2/h7,9-10,12,16,18-19,21,25,27-28,30-32,34-35,37-38,40-41,43,45,48,51,57,60,71H,4-6,8,11,13-15,17,20,22-24,26,29,33,36,39,42,44,46-47,49-50,52-56,58-59,61-70H2,1-3H3/b10-7-,12-9-,19-16-,21-18-,27-25-,30-28-,32-31-,35-34-,38-37-,41-40-,45-43-,51-48-,60-57-. The van der Waals surface area contributed by atoms with Gasteiger partial charge in [0.2, 0.25) is 0 Å². The van der Waals surface area contributed by atoms with Crippen LogP contribution in [0, 0.1) is 0 Å². The van der Waals surface area contributed by atoms with Gasteiger partial charge in [-0.1, -0.05) is 275 Å². The molecule has 0 aliphatic heterocycles. The van der Waals surface area contributed by atoms with Crippen LogP contribution in [0.5, 0.6) is 0 Å². The third-order valence-electron chi connectivity index (χ3n) is 13.3. The van der Waals surface area contributed by atoms with Crippen molar-refractivity contribution in [3.05, 3.63) is 158 Å². The summed E-state index contributed by atoms with van der Waals surface area (Å²) in [6.45, 7) is 6.33. The minimum absolute atomic E-state index is 0.115. The SMILES string of the molecule is CC/C=C\C/C=C\C/C=C\C/C=C\C/C=C\C/C=C\C/C=C\C/C=C\CCCCCCCCC(=O)OCC(COC(=O)CC/C=C\C/C=C\C/C=C\C/C=C\CC)OC(=O)CCCCCCCCC/C=C\CCCCCCCCC. The molecule has 0 aromatic rings. The van der Waals surface area contributed by atoms with Crippen molar-refractivity contribution in [1.82, 2.24) is 0 Å². The first-order chi connectivity index (χ1) is 39.5. The van der Waals surface area contributed by atoms with Crippen molar-refractivity contribution in [3.63, 3.8) is 0 Å². The van der Waals surface area contributed by atoms with E-state index in [2.05, 4.69) is 173 Å². The second-order valence-electron chi connectivity index (χ2n) is 20.9. The molecule has 0 aliphatic carbocycles. The van der Waals surface area contributed by atoms with E-state index in [1.807, 2.05) is 6.08 Å². The second kappa shape index (κ2) is 66.5. The highest BCUT2D eigenvalue weighted by Gasteiger charge is 2.19. The van der Waals surface area contributed by atoms with Crippen molar-refractivity contribution < 1.29 is 28.6 Å². The Labute approximate surface area is 492 Å². The quantitative estimate of drug-likeness (QED) is 0.0261. The van der Waals surface area contributed by atoms with Crippen LogP contribution in [0.1, 0.15) is 271 Å². The first-order valence-electron chi connectivity index (χ1n) is 32.5. The maximum atomic E-state index is 12.9. The van der Waals surface area contributed by atoms with Crippen molar-refractivity contribution in [2.45, 2.75) is 277 Å². The molecule has 6 heteroatoms. The highest BCUT2D eigenvalue weighted by atomic mass is 16.6. The van der Waals surface area contributed by atoms with E-state index in [1.165, 1.54) is 96.3 Å². The third-order valence-corrected chi connectivity index (χ3v) is 13.3. The first-order valence-corrected chi connectivity index (χ1v) is 32.5. The Kier molecular flexibility index (Phi) is 62.4. The summed E-state index contributed by atoms with van der Waals surface area (Å²) in [5.74, 6) is -1.02. The van der Waals surface area contributed by atoms with Gasteiger partial charge in [-0.25, -0.2) is 0 Å². The van der Waals surface area contributed by atoms with Crippen LogP contribution in [0.2, 0.25) is 0 Å². The van der Waals surface area contributed by atoms with Gasteiger partial charge in [-0.05, 0) is 135 Å². The maximum absolute atomic E-state index is 12.9. The molecule has 0 amide bonds. The van der Waals surface area contributed by atoms with Crippen LogP contribution >= 0.6 is 0 Å². The fourth-order valence-corrected chi connectivity index (χ4v) is 8.47. The van der Waals surface area contributed by atoms with Gasteiger partial charge in [0.25, 0.3) is 0 Å². The molecule has 0 fully saturated rings. The van der Waals surface area contributed by atoms with Gasteiger partial charge in [0, 0.05) is 19.3 Å². The Bertz CT molecular complexity index is 1790. The summed E-state index contributed by atoms with van der Waals surface area (Å²) < 4.78 is 16.8. The van der Waals surface area contributed by atoms with E-state index in [9.17, 15) is 14.4 Å². The summed E-state index contributed by atoms with van der Waals surface area (Å²) in [5.41, 5.74) is 0. The summed E-state index contributed by atoms with van der Waals surface area (Å²) in [6.07, 6.45) is 97.0. The van der Waals surface area contributed by atoms with Crippen LogP contribution < -0.4 is 0 Å². The van der Waals surface area contributed by atoms with Crippen LogP contribution in [-0.4, -0.2) is 37.2 Å². The maximum Gasteiger partial charge on any atom is 0.306 e. The molecule has 0 heterocycles. The highest BCUT2D eigenvalue weighted by Crippen LogP contribution is 2.14. The summed E-state index contributed by atoms with van der Waals surface area (Å²) in [7, 11) is 0. The molecule has 1 unspecified atom stereocenters. The van der Waals surface area contributed by atoms with Gasteiger partial charge in [0.05, 0.1) is 0 Å². The fourth-order valence-electron chi connectivity index (χ4n) is 8.47. The molecular weight excluding hydrogens is 985 g/mol. The van der Waals surface area contributed by atoms with E-state index in [0.29, 0.717) is 19.3 Å². The number of carbonyl (C=O) groups is 3. The highest BCUT2D eigenvalue weighted by molar-refractivity contribution is 5.71. The van der Waals surface area contributed by atoms with Gasteiger partial charge in [-0.2, -0.15) is 0 Å². The second-order valence-corrected chi connectivity index (χ2v) is 20.9. The zero-order valence-corrected chi connectivity index (χ0v) is 51.5. The average Bonchev–Trinajstić information content (AvgIpc) is 3.46. The smallest absolute Gasteiger partial charge is 0.306 e. The van der Waals surface area contributed by atoms with Gasteiger partial charge < -0.3 is 14.2 Å². The number of allylic oxidation sites excluding steroid dienone is 26. The number of rotatable bonds is 57. The van der Waals surface area contributed by atoms with Crippen LogP contribution in [0.25, 0.3) is 0 Å². The Hall–Kier alpha value is -4.97. The number of esters is 3. The number of carbonyl (C=O) groups excluding carboxylic acids is 3. The third kappa shape index (κ3) is 63.9. The van der Waals surface area contributed by atoms with Crippen LogP contribution in [0.4, 0.5) is 0 Å². The van der Waals surface area contributed by atoms with E-state index in [4.69, 9.17) is 14.2 Å².